The van der Waals surface area contributed by atoms with Crippen LogP contribution in [0.15, 0.2) is 58.3 Å². The van der Waals surface area contributed by atoms with Crippen LogP contribution in [0.4, 0.5) is 0 Å². The number of nitrogens with zero attached hydrogens (tertiary/aromatic N) is 4. The van der Waals surface area contributed by atoms with Crippen molar-refractivity contribution < 1.29 is 14.2 Å². The predicted octanol–water partition coefficient (Wildman–Crippen LogP) is 4.30. The van der Waals surface area contributed by atoms with Crippen LogP contribution in [-0.4, -0.2) is 123 Å². The van der Waals surface area contributed by atoms with Gasteiger partial charge in [-0.05, 0) is 62.0 Å². The lowest BCUT2D eigenvalue weighted by Crippen LogP contribution is -2.39. The number of rotatable bonds is 4. The van der Waals surface area contributed by atoms with Gasteiger partial charge in [-0.3, -0.25) is 9.80 Å². The minimum Gasteiger partial charge on any atom is -0.379 e. The maximum atomic E-state index is 6.11. The normalized spacial score (nSPS) is 24.3. The number of hydrogen-bond acceptors (Lipinski definition) is 9. The van der Waals surface area contributed by atoms with Gasteiger partial charge in [0.2, 0.25) is 0 Å². The minimum absolute atomic E-state index is 0.653. The van der Waals surface area contributed by atoms with Crippen LogP contribution in [0.2, 0.25) is 0 Å². The smallest absolute Gasteiger partial charge is 0.0701 e. The average molecular weight is 575 g/mol. The molecule has 0 aliphatic carbocycles. The highest BCUT2D eigenvalue weighted by Crippen LogP contribution is 2.26. The molecular weight excluding hydrogens is 528 g/mol. The van der Waals surface area contributed by atoms with Crippen LogP contribution in [0.25, 0.3) is 0 Å². The molecule has 2 heterocycles. The lowest BCUT2D eigenvalue weighted by atomic mass is 10.2. The Labute approximate surface area is 244 Å². The van der Waals surface area contributed by atoms with E-state index < -0.39 is 0 Å². The summed E-state index contributed by atoms with van der Waals surface area (Å²) in [6, 6.07) is 17.8. The van der Waals surface area contributed by atoms with Gasteiger partial charge in [0.1, 0.15) is 0 Å². The molecule has 2 saturated heterocycles. The van der Waals surface area contributed by atoms with Crippen LogP contribution in [-0.2, 0) is 14.2 Å². The number of aryl methyl sites for hydroxylation is 2. The Bertz CT molecular complexity index is 859. The molecule has 39 heavy (non-hydrogen) atoms. The topological polar surface area (TPSA) is 40.6 Å². The van der Waals surface area contributed by atoms with Crippen LogP contribution in [0, 0.1) is 13.8 Å². The summed E-state index contributed by atoms with van der Waals surface area (Å²) in [6.45, 7) is 18.2. The number of benzene rings is 2. The molecular formula is C30H46N4O3S2. The van der Waals surface area contributed by atoms with E-state index in [0.29, 0.717) is 13.2 Å². The Morgan fingerprint density at radius 2 is 0.769 bits per heavy atom. The first-order valence-corrected chi connectivity index (χ1v) is 15.9. The van der Waals surface area contributed by atoms with Crippen molar-refractivity contribution in [1.29, 1.82) is 0 Å². The van der Waals surface area contributed by atoms with E-state index >= 15 is 0 Å². The summed E-state index contributed by atoms with van der Waals surface area (Å²) in [7, 11) is 0. The van der Waals surface area contributed by atoms with Gasteiger partial charge in [-0.1, -0.05) is 35.4 Å². The van der Waals surface area contributed by atoms with Gasteiger partial charge in [-0.2, -0.15) is 0 Å². The summed E-state index contributed by atoms with van der Waals surface area (Å²) in [5.74, 6) is 0. The SMILES string of the molecule is Cc1ccc(SN2CCN3CCOCCOCCN(CCOCC3)CCN(Sc3ccc(C)cc3)CC2)cc1. The summed E-state index contributed by atoms with van der Waals surface area (Å²) in [5.41, 5.74) is 2.60. The second-order valence-corrected chi connectivity index (χ2v) is 12.5. The van der Waals surface area contributed by atoms with Crippen molar-refractivity contribution in [2.24, 2.45) is 0 Å². The molecule has 7 nitrogen and oxygen atoms in total. The van der Waals surface area contributed by atoms with Crippen molar-refractivity contribution in [1.82, 2.24) is 18.4 Å². The summed E-state index contributed by atoms with van der Waals surface area (Å²) >= 11 is 3.75. The third-order valence-corrected chi connectivity index (χ3v) is 9.23. The fourth-order valence-electron chi connectivity index (χ4n) is 4.50. The first kappa shape index (κ1) is 30.8. The zero-order valence-corrected chi connectivity index (χ0v) is 25.4. The standard InChI is InChI=1S/C30H46N4O3S2/c1-27-3-7-29(8-4-27)38-33-13-11-31-17-21-35-22-18-32(20-24-37-26-25-36-23-19-31)12-14-34(16-15-33)39-30-9-5-28(2)6-10-30/h3-10H,11-26H2,1-2H3. The molecule has 216 valence electrons. The molecule has 0 amide bonds. The predicted molar refractivity (Wildman–Crippen MR) is 163 cm³/mol. The highest BCUT2D eigenvalue weighted by molar-refractivity contribution is 7.97. The van der Waals surface area contributed by atoms with Crippen LogP contribution in [0.3, 0.4) is 0 Å². The molecule has 0 aromatic heterocycles. The number of hydrogen-bond donors (Lipinski definition) is 0. The third-order valence-electron chi connectivity index (χ3n) is 7.02. The van der Waals surface area contributed by atoms with Crippen molar-refractivity contribution in [2.45, 2.75) is 23.6 Å². The van der Waals surface area contributed by atoms with Crippen LogP contribution in [0.5, 0.6) is 0 Å². The zero-order chi connectivity index (χ0) is 27.1. The Hall–Kier alpha value is -1.14. The van der Waals surface area contributed by atoms with Gasteiger partial charge in [0.25, 0.3) is 0 Å². The lowest BCUT2D eigenvalue weighted by Gasteiger charge is -2.30. The van der Waals surface area contributed by atoms with Gasteiger partial charge in [0.15, 0.2) is 0 Å². The van der Waals surface area contributed by atoms with Gasteiger partial charge in [0, 0.05) is 75.2 Å². The Balaban J connectivity index is 1.51. The molecule has 2 bridgehead atoms. The van der Waals surface area contributed by atoms with E-state index in [1.807, 2.05) is 23.9 Å². The van der Waals surface area contributed by atoms with Crippen LogP contribution >= 0.6 is 23.9 Å². The van der Waals surface area contributed by atoms with Crippen molar-refractivity contribution in [3.05, 3.63) is 59.7 Å². The monoisotopic (exact) mass is 574 g/mol. The van der Waals surface area contributed by atoms with E-state index in [2.05, 4.69) is 80.8 Å². The largest absolute Gasteiger partial charge is 0.379 e. The molecule has 0 saturated carbocycles. The Morgan fingerprint density at radius 1 is 0.436 bits per heavy atom. The molecule has 2 aliphatic heterocycles. The summed E-state index contributed by atoms with van der Waals surface area (Å²) < 4.78 is 23.0. The van der Waals surface area contributed by atoms with Crippen molar-refractivity contribution >= 4 is 23.9 Å². The fourth-order valence-corrected chi connectivity index (χ4v) is 6.30. The third kappa shape index (κ3) is 12.1. The van der Waals surface area contributed by atoms with Gasteiger partial charge in [-0.25, -0.2) is 8.61 Å². The molecule has 4 rings (SSSR count). The molecule has 9 heteroatoms. The molecule has 2 aliphatic rings. The first-order chi connectivity index (χ1) is 19.1. The molecule has 0 radical (unpaired) electrons. The van der Waals surface area contributed by atoms with E-state index in [4.69, 9.17) is 14.2 Å². The Kier molecular flexibility index (Phi) is 13.9. The van der Waals surface area contributed by atoms with Gasteiger partial charge >= 0.3 is 0 Å². The van der Waals surface area contributed by atoms with Crippen molar-refractivity contribution in [2.75, 3.05) is 105 Å². The van der Waals surface area contributed by atoms with Crippen molar-refractivity contribution in [3.63, 3.8) is 0 Å². The maximum absolute atomic E-state index is 6.11. The first-order valence-electron chi connectivity index (χ1n) is 14.3. The highest BCUT2D eigenvalue weighted by Gasteiger charge is 2.17. The summed E-state index contributed by atoms with van der Waals surface area (Å²) in [6.07, 6.45) is 0. The fraction of sp³-hybridized carbons (Fsp3) is 0.600. The van der Waals surface area contributed by atoms with Gasteiger partial charge in [-0.15, -0.1) is 0 Å². The van der Waals surface area contributed by atoms with Crippen LogP contribution < -0.4 is 0 Å². The molecule has 2 aromatic rings. The molecule has 0 N–H and O–H groups in total. The Morgan fingerprint density at radius 3 is 1.15 bits per heavy atom. The molecule has 0 spiro atoms. The molecule has 2 fully saturated rings. The van der Waals surface area contributed by atoms with Gasteiger partial charge < -0.3 is 14.2 Å². The summed E-state index contributed by atoms with van der Waals surface area (Å²) in [5, 5.41) is 0. The molecule has 2 aromatic carbocycles. The quantitative estimate of drug-likeness (QED) is 0.393. The van der Waals surface area contributed by atoms with Crippen LogP contribution in [0.1, 0.15) is 11.1 Å². The van der Waals surface area contributed by atoms with Crippen molar-refractivity contribution in [3.8, 4) is 0 Å². The summed E-state index contributed by atoms with van der Waals surface area (Å²) in [4.78, 5) is 7.56. The van der Waals surface area contributed by atoms with E-state index in [9.17, 15) is 0 Å². The highest BCUT2D eigenvalue weighted by atomic mass is 32.2. The number of ether oxygens (including phenoxy) is 3. The molecule has 2 unspecified atom stereocenters. The number of fused-ring (bicyclic) bond motifs is 6. The minimum atomic E-state index is 0.653. The van der Waals surface area contributed by atoms with Gasteiger partial charge in [0.05, 0.1) is 39.6 Å². The van der Waals surface area contributed by atoms with E-state index in [-0.39, 0.29) is 0 Å². The van der Waals surface area contributed by atoms with E-state index in [1.165, 1.54) is 20.9 Å². The maximum Gasteiger partial charge on any atom is 0.0701 e. The molecule has 2 atom stereocenters. The zero-order valence-electron chi connectivity index (χ0n) is 23.8. The van der Waals surface area contributed by atoms with E-state index in [1.54, 1.807) is 0 Å². The lowest BCUT2D eigenvalue weighted by molar-refractivity contribution is 0.0315. The average Bonchev–Trinajstić information content (AvgIpc) is 2.95. The second-order valence-electron chi connectivity index (χ2n) is 10.2. The second kappa shape index (κ2) is 17.6. The van der Waals surface area contributed by atoms with E-state index in [0.717, 1.165) is 91.9 Å².